The molecule has 6 N–H and O–H groups in total. The molecule has 0 amide bonds. The van der Waals surface area contributed by atoms with Gasteiger partial charge >= 0.3 is 0 Å². The molecule has 0 unspecified atom stereocenters. The Morgan fingerprint density at radius 1 is 0.381 bits per heavy atom. The Kier molecular flexibility index (Phi) is 5.67. The van der Waals surface area contributed by atoms with E-state index >= 15 is 0 Å². The second-order valence-electron chi connectivity index (χ2n) is 11.3. The number of hydrogen-bond donors (Lipinski definition) is 6. The maximum atomic E-state index is 5.00. The van der Waals surface area contributed by atoms with Crippen molar-refractivity contribution in [3.63, 3.8) is 0 Å². The Bertz CT molecular complexity index is 2070. The van der Waals surface area contributed by atoms with Crippen molar-refractivity contribution in [3.8, 4) is 22.8 Å². The Morgan fingerprint density at radius 3 is 1.19 bits per heavy atom. The second kappa shape index (κ2) is 9.69. The lowest BCUT2D eigenvalue weighted by Crippen LogP contribution is -2.05. The zero-order valence-corrected chi connectivity index (χ0v) is 23.7. The summed E-state index contributed by atoms with van der Waals surface area (Å²) in [5.41, 5.74) is 13.2. The van der Waals surface area contributed by atoms with Gasteiger partial charge in [-0.05, 0) is 112 Å². The van der Waals surface area contributed by atoms with Gasteiger partial charge in [-0.1, -0.05) is 0 Å². The standard InChI is InChI=1S/C34H32N8/c1-19-3-5-21(35-19)23-7-9-25(37-23)27-11-13-29(39-27)31-15-17-33(41-31)34-18-16-32(42-34)30-14-12-28(40-30)26-10-8-24(38-26)22-6-4-20(2)36-22/h3-10,15-18,35-38,41-42H,11-14H2,1-2H3/b31-29?,32-30?,34-33+. The Balaban J connectivity index is 1.07. The van der Waals surface area contributed by atoms with Gasteiger partial charge in [0.25, 0.3) is 0 Å². The van der Waals surface area contributed by atoms with Crippen LogP contribution in [0.4, 0.5) is 0 Å². The van der Waals surface area contributed by atoms with Gasteiger partial charge in [-0.2, -0.15) is 0 Å². The number of aliphatic imine (C=N–C) groups is 2. The summed E-state index contributed by atoms with van der Waals surface area (Å²) < 4.78 is 0. The molecule has 2 aliphatic heterocycles. The van der Waals surface area contributed by atoms with Crippen LogP contribution in [0.5, 0.6) is 0 Å². The SMILES string of the molecule is Cc1ccc(-c2ccc(C3=NC(=c4cc/c(=c5/ccc(=C6CCC(c7ccc(-c8ccc(C)[nH]8)[nH]7)=N6)[nH]5)[nH]4)CC3)[nH]2)[nH]1. The lowest BCUT2D eigenvalue weighted by Gasteiger charge is -1.96. The van der Waals surface area contributed by atoms with Gasteiger partial charge in [0, 0.05) is 11.4 Å². The van der Waals surface area contributed by atoms with Crippen LogP contribution in [-0.2, 0) is 0 Å². The molecule has 0 atom stereocenters. The minimum atomic E-state index is 0.917. The maximum absolute atomic E-state index is 5.00. The number of aromatic nitrogens is 6. The van der Waals surface area contributed by atoms with E-state index in [9.17, 15) is 0 Å². The van der Waals surface area contributed by atoms with Gasteiger partial charge in [0.05, 0.1) is 78.4 Å². The Labute approximate surface area is 241 Å². The van der Waals surface area contributed by atoms with Crippen LogP contribution in [0.2, 0.25) is 0 Å². The zero-order chi connectivity index (χ0) is 28.2. The third kappa shape index (κ3) is 4.41. The van der Waals surface area contributed by atoms with Crippen LogP contribution >= 0.6 is 0 Å². The van der Waals surface area contributed by atoms with Crippen LogP contribution in [0.1, 0.15) is 48.5 Å². The van der Waals surface area contributed by atoms with E-state index in [-0.39, 0.29) is 0 Å². The van der Waals surface area contributed by atoms with E-state index in [0.717, 1.165) is 115 Å². The highest BCUT2D eigenvalue weighted by Gasteiger charge is 2.18. The third-order valence-corrected chi connectivity index (χ3v) is 8.26. The average molecular weight is 553 g/mol. The zero-order valence-electron chi connectivity index (χ0n) is 23.7. The van der Waals surface area contributed by atoms with Crippen LogP contribution in [-0.4, -0.2) is 41.3 Å². The highest BCUT2D eigenvalue weighted by molar-refractivity contribution is 6.05. The molecule has 208 valence electrons. The molecule has 42 heavy (non-hydrogen) atoms. The molecular weight excluding hydrogens is 520 g/mol. The molecule has 8 rings (SSSR count). The summed E-state index contributed by atoms with van der Waals surface area (Å²) in [6, 6.07) is 25.4. The molecule has 2 aliphatic rings. The van der Waals surface area contributed by atoms with Crippen molar-refractivity contribution in [2.24, 2.45) is 9.98 Å². The number of nitrogens with zero attached hydrogens (tertiary/aromatic N) is 2. The topological polar surface area (TPSA) is 119 Å². The molecule has 0 spiro atoms. The van der Waals surface area contributed by atoms with Crippen molar-refractivity contribution in [2.75, 3.05) is 0 Å². The molecule has 6 aromatic rings. The van der Waals surface area contributed by atoms with Crippen LogP contribution < -0.4 is 10.7 Å². The first-order valence-electron chi connectivity index (χ1n) is 14.5. The van der Waals surface area contributed by atoms with Crippen molar-refractivity contribution >= 4 is 22.8 Å². The van der Waals surface area contributed by atoms with E-state index < -0.39 is 0 Å². The molecule has 8 heteroatoms. The smallest absolute Gasteiger partial charge is 0.0646 e. The van der Waals surface area contributed by atoms with Crippen LogP contribution in [0.3, 0.4) is 0 Å². The highest BCUT2D eigenvalue weighted by atomic mass is 14.9. The van der Waals surface area contributed by atoms with Gasteiger partial charge in [-0.25, -0.2) is 0 Å². The normalized spacial score (nSPS) is 18.6. The van der Waals surface area contributed by atoms with Crippen LogP contribution in [0, 0.1) is 24.5 Å². The number of aryl methyl sites for hydroxylation is 2. The van der Waals surface area contributed by atoms with Crippen molar-refractivity contribution in [2.45, 2.75) is 39.5 Å². The number of hydrogen-bond acceptors (Lipinski definition) is 2. The summed E-state index contributed by atoms with van der Waals surface area (Å²) in [6.45, 7) is 4.13. The van der Waals surface area contributed by atoms with Gasteiger partial charge < -0.3 is 29.9 Å². The molecule has 0 saturated heterocycles. The van der Waals surface area contributed by atoms with E-state index in [2.05, 4.69) is 117 Å². The molecule has 8 heterocycles. The summed E-state index contributed by atoms with van der Waals surface area (Å²) in [7, 11) is 0. The fourth-order valence-electron chi connectivity index (χ4n) is 6.01. The number of nitrogens with one attached hydrogen (secondary N) is 6. The average Bonchev–Trinajstić information content (AvgIpc) is 3.81. The van der Waals surface area contributed by atoms with E-state index in [1.165, 1.54) is 0 Å². The fourth-order valence-corrected chi connectivity index (χ4v) is 6.01. The monoisotopic (exact) mass is 552 g/mol. The molecule has 0 saturated carbocycles. The van der Waals surface area contributed by atoms with E-state index in [4.69, 9.17) is 9.98 Å². The first-order valence-corrected chi connectivity index (χ1v) is 14.5. The Morgan fingerprint density at radius 2 is 0.762 bits per heavy atom. The Hall–Kier alpha value is -5.24. The van der Waals surface area contributed by atoms with E-state index in [1.54, 1.807) is 0 Å². The molecule has 0 radical (unpaired) electrons. The highest BCUT2D eigenvalue weighted by Crippen LogP contribution is 2.25. The largest absolute Gasteiger partial charge is 0.357 e. The predicted octanol–water partition coefficient (Wildman–Crippen LogP) is 5.68. The summed E-state index contributed by atoms with van der Waals surface area (Å²) in [6.07, 6.45) is 3.68. The molecule has 0 aliphatic carbocycles. The van der Waals surface area contributed by atoms with Crippen LogP contribution in [0.15, 0.2) is 82.8 Å². The van der Waals surface area contributed by atoms with Gasteiger partial charge in [-0.3, -0.25) is 9.98 Å². The van der Waals surface area contributed by atoms with Crippen molar-refractivity contribution in [3.05, 3.63) is 117 Å². The van der Waals surface area contributed by atoms with Crippen molar-refractivity contribution in [1.29, 1.82) is 0 Å². The molecule has 0 aromatic carbocycles. The quantitative estimate of drug-likeness (QED) is 0.161. The predicted molar refractivity (Wildman–Crippen MR) is 167 cm³/mol. The molecular formula is C34H32N8. The molecule has 8 nitrogen and oxygen atoms in total. The third-order valence-electron chi connectivity index (χ3n) is 8.26. The minimum Gasteiger partial charge on any atom is -0.357 e. The first kappa shape index (κ1) is 24.5. The first-order chi connectivity index (χ1) is 20.6. The maximum Gasteiger partial charge on any atom is 0.0646 e. The minimum absolute atomic E-state index is 0.917. The van der Waals surface area contributed by atoms with E-state index in [1.807, 2.05) is 0 Å². The van der Waals surface area contributed by atoms with Gasteiger partial charge in [0.1, 0.15) is 0 Å². The van der Waals surface area contributed by atoms with Gasteiger partial charge in [0.15, 0.2) is 0 Å². The van der Waals surface area contributed by atoms with E-state index in [0.29, 0.717) is 0 Å². The number of H-pyrrole nitrogens is 6. The van der Waals surface area contributed by atoms with Gasteiger partial charge in [0.2, 0.25) is 0 Å². The van der Waals surface area contributed by atoms with Crippen molar-refractivity contribution < 1.29 is 0 Å². The van der Waals surface area contributed by atoms with Crippen molar-refractivity contribution in [1.82, 2.24) is 29.9 Å². The molecule has 0 bridgehead atoms. The summed E-state index contributed by atoms with van der Waals surface area (Å²) in [5.74, 6) is 0. The fraction of sp³-hybridized carbons (Fsp3) is 0.176. The van der Waals surface area contributed by atoms with Gasteiger partial charge in [-0.15, -0.1) is 0 Å². The molecule has 0 fully saturated rings. The number of aromatic amines is 6. The summed E-state index contributed by atoms with van der Waals surface area (Å²) in [5, 5.41) is 4.23. The lowest BCUT2D eigenvalue weighted by molar-refractivity contribution is 1.10. The second-order valence-corrected chi connectivity index (χ2v) is 11.3. The lowest BCUT2D eigenvalue weighted by atomic mass is 10.2. The van der Waals surface area contributed by atoms with Crippen LogP contribution in [0.25, 0.3) is 34.2 Å². The molecule has 6 aromatic heterocycles. The summed E-state index contributed by atoms with van der Waals surface area (Å²) >= 11 is 0. The summed E-state index contributed by atoms with van der Waals surface area (Å²) in [4.78, 5) is 31.0. The number of rotatable bonds is 4.